The van der Waals surface area contributed by atoms with E-state index in [-0.39, 0.29) is 30.4 Å². The van der Waals surface area contributed by atoms with Gasteiger partial charge in [-0.25, -0.2) is 4.39 Å². The highest BCUT2D eigenvalue weighted by Crippen LogP contribution is 2.26. The fourth-order valence-electron chi connectivity index (χ4n) is 2.56. The van der Waals surface area contributed by atoms with Crippen LogP contribution in [0.3, 0.4) is 0 Å². The molecule has 1 heterocycles. The van der Waals surface area contributed by atoms with Crippen LogP contribution in [0.15, 0.2) is 66.3 Å². The predicted octanol–water partition coefficient (Wildman–Crippen LogP) is 4.26. The third-order valence-electron chi connectivity index (χ3n) is 3.93. The third-order valence-corrected chi connectivity index (χ3v) is 4.86. The molecule has 0 saturated heterocycles. The fraction of sp³-hybridized carbons (Fsp3) is 0.200. The Balaban J connectivity index is 1.59. The molecule has 0 spiro atoms. The van der Waals surface area contributed by atoms with Crippen LogP contribution in [0, 0.1) is 15.9 Å². The molecule has 0 N–H and O–H groups in total. The number of halogens is 1. The highest BCUT2D eigenvalue weighted by Gasteiger charge is 2.15. The van der Waals surface area contributed by atoms with E-state index in [2.05, 4.69) is 16.8 Å². The Morgan fingerprint density at radius 1 is 1.13 bits per heavy atom. The number of hydrogen-bond donors (Lipinski definition) is 0. The van der Waals surface area contributed by atoms with Crippen LogP contribution in [0.25, 0.3) is 0 Å². The fourth-order valence-corrected chi connectivity index (χ4v) is 3.35. The summed E-state index contributed by atoms with van der Waals surface area (Å²) in [6, 6.07) is 12.3. The summed E-state index contributed by atoms with van der Waals surface area (Å²) in [5.41, 5.74) is -0.0788. The molecule has 0 aliphatic carbocycles. The summed E-state index contributed by atoms with van der Waals surface area (Å²) in [5, 5.41) is 19.9. The van der Waals surface area contributed by atoms with Gasteiger partial charge in [-0.05, 0) is 18.2 Å². The summed E-state index contributed by atoms with van der Waals surface area (Å²) in [5.74, 6) is 0.928. The number of para-hydroxylation sites is 3. The summed E-state index contributed by atoms with van der Waals surface area (Å²) in [6.07, 6.45) is 1.70. The molecule has 0 aliphatic rings. The number of nitrogens with zero attached hydrogens (tertiary/aromatic N) is 4. The van der Waals surface area contributed by atoms with E-state index in [4.69, 9.17) is 9.47 Å². The second kappa shape index (κ2) is 10.4. The molecule has 0 unspecified atom stereocenters. The average molecular weight is 430 g/mol. The lowest BCUT2D eigenvalue weighted by Gasteiger charge is -2.10. The van der Waals surface area contributed by atoms with Gasteiger partial charge in [0.25, 0.3) is 0 Å². The van der Waals surface area contributed by atoms with Crippen LogP contribution >= 0.6 is 11.8 Å². The van der Waals surface area contributed by atoms with Gasteiger partial charge in [-0.2, -0.15) is 0 Å². The van der Waals surface area contributed by atoms with E-state index < -0.39 is 10.7 Å². The Kier molecular flexibility index (Phi) is 7.39. The summed E-state index contributed by atoms with van der Waals surface area (Å²) >= 11 is 1.38. The van der Waals surface area contributed by atoms with Crippen LogP contribution in [0.4, 0.5) is 10.1 Å². The molecule has 8 nitrogen and oxygen atoms in total. The maximum Gasteiger partial charge on any atom is 0.310 e. The van der Waals surface area contributed by atoms with E-state index in [1.165, 1.54) is 23.9 Å². The summed E-state index contributed by atoms with van der Waals surface area (Å²) in [7, 11) is 0. The average Bonchev–Trinajstić information content (AvgIpc) is 3.12. The van der Waals surface area contributed by atoms with Crippen molar-refractivity contribution in [1.82, 2.24) is 14.8 Å². The lowest BCUT2D eigenvalue weighted by Crippen LogP contribution is -2.09. The van der Waals surface area contributed by atoms with E-state index in [9.17, 15) is 14.5 Å². The first-order valence-electron chi connectivity index (χ1n) is 8.99. The SMILES string of the molecule is C=CCn1c(COc2ccccc2F)nnc1SCCOc1ccccc1[N+](=O)[O-]. The van der Waals surface area contributed by atoms with Crippen molar-refractivity contribution in [2.75, 3.05) is 12.4 Å². The van der Waals surface area contributed by atoms with E-state index in [0.717, 1.165) is 0 Å². The summed E-state index contributed by atoms with van der Waals surface area (Å²) in [6.45, 7) is 4.49. The molecule has 0 radical (unpaired) electrons. The van der Waals surface area contributed by atoms with Gasteiger partial charge in [-0.15, -0.1) is 16.8 Å². The molecule has 0 amide bonds. The van der Waals surface area contributed by atoms with Crippen molar-refractivity contribution in [3.8, 4) is 11.5 Å². The Morgan fingerprint density at radius 3 is 2.60 bits per heavy atom. The molecule has 0 aliphatic heterocycles. The molecule has 156 valence electrons. The molecule has 10 heteroatoms. The minimum absolute atomic E-state index is 0.0506. The molecular weight excluding hydrogens is 411 g/mol. The lowest BCUT2D eigenvalue weighted by atomic mass is 10.3. The predicted molar refractivity (Wildman–Crippen MR) is 110 cm³/mol. The van der Waals surface area contributed by atoms with Crippen molar-refractivity contribution >= 4 is 17.4 Å². The molecule has 0 atom stereocenters. The first kappa shape index (κ1) is 21.3. The Morgan fingerprint density at radius 2 is 1.87 bits per heavy atom. The topological polar surface area (TPSA) is 92.3 Å². The van der Waals surface area contributed by atoms with Gasteiger partial charge in [0, 0.05) is 18.4 Å². The molecule has 0 fully saturated rings. The van der Waals surface area contributed by atoms with Crippen molar-refractivity contribution < 1.29 is 18.8 Å². The molecule has 3 rings (SSSR count). The zero-order chi connectivity index (χ0) is 21.3. The number of allylic oxidation sites excluding steroid dienone is 1. The van der Waals surface area contributed by atoms with Gasteiger partial charge in [-0.1, -0.05) is 42.1 Å². The number of ether oxygens (including phenoxy) is 2. The third kappa shape index (κ3) is 5.35. The number of aromatic nitrogens is 3. The maximum atomic E-state index is 13.7. The Labute approximate surface area is 176 Å². The molecular formula is C20H19FN4O4S. The minimum Gasteiger partial charge on any atom is -0.486 e. The molecule has 0 saturated carbocycles. The minimum atomic E-state index is -0.481. The van der Waals surface area contributed by atoms with Crippen molar-refractivity contribution in [2.24, 2.45) is 0 Å². The molecule has 30 heavy (non-hydrogen) atoms. The summed E-state index contributed by atoms with van der Waals surface area (Å²) in [4.78, 5) is 10.6. The summed E-state index contributed by atoms with van der Waals surface area (Å²) < 4.78 is 26.6. The van der Waals surface area contributed by atoms with Gasteiger partial charge in [0.05, 0.1) is 11.5 Å². The van der Waals surface area contributed by atoms with E-state index in [1.54, 1.807) is 42.5 Å². The Hall–Kier alpha value is -3.40. The van der Waals surface area contributed by atoms with Gasteiger partial charge in [0.15, 0.2) is 28.3 Å². The highest BCUT2D eigenvalue weighted by atomic mass is 32.2. The van der Waals surface area contributed by atoms with Gasteiger partial charge < -0.3 is 9.47 Å². The van der Waals surface area contributed by atoms with E-state index in [0.29, 0.717) is 23.3 Å². The number of nitro groups is 1. The number of hydrogen-bond acceptors (Lipinski definition) is 7. The van der Waals surface area contributed by atoms with Gasteiger partial charge >= 0.3 is 5.69 Å². The van der Waals surface area contributed by atoms with Crippen molar-refractivity contribution in [3.05, 3.63) is 82.9 Å². The second-order valence-corrected chi connectivity index (χ2v) is 7.00. The van der Waals surface area contributed by atoms with Crippen LogP contribution in [-0.2, 0) is 13.2 Å². The quantitative estimate of drug-likeness (QED) is 0.148. The number of nitro benzene ring substituents is 1. The van der Waals surface area contributed by atoms with Gasteiger partial charge in [-0.3, -0.25) is 14.7 Å². The zero-order valence-corrected chi connectivity index (χ0v) is 16.8. The van der Waals surface area contributed by atoms with Crippen LogP contribution in [0.1, 0.15) is 5.82 Å². The second-order valence-electron chi connectivity index (χ2n) is 5.94. The normalized spacial score (nSPS) is 10.6. The zero-order valence-electron chi connectivity index (χ0n) is 15.9. The molecule has 0 bridgehead atoms. The maximum absolute atomic E-state index is 13.7. The first-order chi connectivity index (χ1) is 14.6. The monoisotopic (exact) mass is 430 g/mol. The first-order valence-corrected chi connectivity index (χ1v) is 9.98. The van der Waals surface area contributed by atoms with E-state index in [1.807, 2.05) is 4.57 Å². The van der Waals surface area contributed by atoms with Crippen molar-refractivity contribution in [2.45, 2.75) is 18.3 Å². The number of benzene rings is 2. The molecule has 3 aromatic rings. The van der Waals surface area contributed by atoms with Crippen LogP contribution in [-0.4, -0.2) is 32.0 Å². The van der Waals surface area contributed by atoms with Gasteiger partial charge in [0.2, 0.25) is 0 Å². The number of rotatable bonds is 11. The van der Waals surface area contributed by atoms with Gasteiger partial charge in [0.1, 0.15) is 6.61 Å². The standard InChI is InChI=1S/C20H19FN4O4S/c1-2-11-24-19(14-29-17-9-5-3-7-15(17)21)22-23-20(24)30-13-12-28-18-10-6-4-8-16(18)25(26)27/h2-10H,1,11-14H2. The van der Waals surface area contributed by atoms with E-state index >= 15 is 0 Å². The van der Waals surface area contributed by atoms with Crippen LogP contribution < -0.4 is 9.47 Å². The van der Waals surface area contributed by atoms with Crippen molar-refractivity contribution in [1.29, 1.82) is 0 Å². The lowest BCUT2D eigenvalue weighted by molar-refractivity contribution is -0.385. The van der Waals surface area contributed by atoms with Crippen LogP contribution in [0.2, 0.25) is 0 Å². The molecule has 1 aromatic heterocycles. The largest absolute Gasteiger partial charge is 0.486 e. The molecule has 2 aromatic carbocycles. The number of thioether (sulfide) groups is 1. The smallest absolute Gasteiger partial charge is 0.310 e. The Bertz CT molecular complexity index is 1030. The van der Waals surface area contributed by atoms with Crippen molar-refractivity contribution in [3.63, 3.8) is 0 Å². The highest BCUT2D eigenvalue weighted by molar-refractivity contribution is 7.99. The van der Waals surface area contributed by atoms with Crippen LogP contribution in [0.5, 0.6) is 11.5 Å².